The first-order valence-corrected chi connectivity index (χ1v) is 9.80. The molecule has 0 N–H and O–H groups in total. The van der Waals surface area contributed by atoms with Gasteiger partial charge >= 0.3 is 5.97 Å². The lowest BCUT2D eigenvalue weighted by Crippen LogP contribution is -2.19. The maximum Gasteiger partial charge on any atom is 0.307 e. The summed E-state index contributed by atoms with van der Waals surface area (Å²) in [5, 5.41) is 11.1. The topological polar surface area (TPSA) is 104 Å². The van der Waals surface area contributed by atoms with E-state index in [9.17, 15) is 19.7 Å². The third kappa shape index (κ3) is 4.75. The number of nitrogens with zero attached hydrogens (tertiary/aromatic N) is 3. The average Bonchev–Trinajstić information content (AvgIpc) is 3.03. The summed E-state index contributed by atoms with van der Waals surface area (Å²) in [7, 11) is 0. The fourth-order valence-electron chi connectivity index (χ4n) is 2.76. The largest absolute Gasteiger partial charge is 0.466 e. The second-order valence-electron chi connectivity index (χ2n) is 6.28. The van der Waals surface area contributed by atoms with E-state index in [0.29, 0.717) is 20.6 Å². The molecule has 0 unspecified atom stereocenters. The summed E-state index contributed by atoms with van der Waals surface area (Å²) in [4.78, 5) is 39.6. The summed E-state index contributed by atoms with van der Waals surface area (Å²) in [5.41, 5.74) is 2.09. The van der Waals surface area contributed by atoms with Crippen LogP contribution in [0.5, 0.6) is 0 Å². The van der Waals surface area contributed by atoms with Gasteiger partial charge in [0.15, 0.2) is 4.80 Å². The van der Waals surface area contributed by atoms with Crippen molar-refractivity contribution in [2.45, 2.75) is 26.8 Å². The number of benzene rings is 2. The first kappa shape index (κ1) is 20.4. The number of aromatic nitrogens is 1. The summed E-state index contributed by atoms with van der Waals surface area (Å²) in [5.74, 6) is -0.784. The molecule has 0 aliphatic heterocycles. The van der Waals surface area contributed by atoms with Gasteiger partial charge in [-0.2, -0.15) is 4.99 Å². The average molecular weight is 413 g/mol. The number of carbonyl (C=O) groups excluding carboxylic acids is 2. The molecule has 0 saturated heterocycles. The Labute approximate surface area is 170 Å². The summed E-state index contributed by atoms with van der Waals surface area (Å²) in [6.45, 7) is 4.18. The molecule has 8 nitrogen and oxygen atoms in total. The Morgan fingerprint density at radius 2 is 1.93 bits per heavy atom. The van der Waals surface area contributed by atoms with Crippen LogP contribution in [0, 0.1) is 17.0 Å². The summed E-state index contributed by atoms with van der Waals surface area (Å²) in [6.07, 6.45) is 0.0998. The Morgan fingerprint density at radius 3 is 2.59 bits per heavy atom. The molecule has 3 aromatic rings. The highest BCUT2D eigenvalue weighted by Crippen LogP contribution is 2.23. The number of nitro groups is 1. The van der Waals surface area contributed by atoms with E-state index in [1.807, 2.05) is 19.1 Å². The summed E-state index contributed by atoms with van der Waals surface area (Å²) in [6, 6.07) is 11.5. The van der Waals surface area contributed by atoms with Gasteiger partial charge in [0.2, 0.25) is 0 Å². The molecule has 1 amide bonds. The predicted molar refractivity (Wildman–Crippen MR) is 109 cm³/mol. The number of aryl methyl sites for hydroxylation is 2. The number of fused-ring (bicyclic) bond motifs is 1. The number of hydrogen-bond acceptors (Lipinski definition) is 6. The highest BCUT2D eigenvalue weighted by atomic mass is 32.1. The molecule has 29 heavy (non-hydrogen) atoms. The summed E-state index contributed by atoms with van der Waals surface area (Å²) >= 11 is 1.17. The van der Waals surface area contributed by atoms with Crippen molar-refractivity contribution in [3.05, 3.63) is 68.5 Å². The van der Waals surface area contributed by atoms with Gasteiger partial charge in [-0.3, -0.25) is 19.7 Å². The molecule has 0 aliphatic carbocycles. The zero-order valence-electron chi connectivity index (χ0n) is 16.0. The zero-order chi connectivity index (χ0) is 21.0. The lowest BCUT2D eigenvalue weighted by Gasteiger charge is -2.05. The maximum atomic E-state index is 12.6. The molecule has 0 spiro atoms. The van der Waals surface area contributed by atoms with E-state index in [-0.39, 0.29) is 31.2 Å². The lowest BCUT2D eigenvalue weighted by atomic mass is 10.1. The minimum atomic E-state index is -0.476. The molecule has 0 radical (unpaired) electrons. The SMILES string of the molecule is CCOC(=O)CCn1c(=NC(=O)c2ccc(C)cc2)sc2cc([N+](=O)[O-])ccc21. The fourth-order valence-corrected chi connectivity index (χ4v) is 3.85. The molecule has 1 aromatic heterocycles. The molecule has 3 rings (SSSR count). The molecule has 150 valence electrons. The minimum Gasteiger partial charge on any atom is -0.466 e. The number of esters is 1. The standard InChI is InChI=1S/C20H19N3O5S/c1-3-28-18(24)10-11-22-16-9-8-15(23(26)27)12-17(16)29-20(22)21-19(25)14-6-4-13(2)5-7-14/h4-9,12H,3,10-11H2,1-2H3. The first-order chi connectivity index (χ1) is 13.9. The highest BCUT2D eigenvalue weighted by Gasteiger charge is 2.14. The molecule has 0 saturated carbocycles. The van der Waals surface area contributed by atoms with Gasteiger partial charge in [0.05, 0.1) is 28.2 Å². The van der Waals surface area contributed by atoms with E-state index < -0.39 is 10.8 Å². The van der Waals surface area contributed by atoms with Crippen LogP contribution in [-0.2, 0) is 16.1 Å². The van der Waals surface area contributed by atoms with Crippen LogP contribution in [-0.4, -0.2) is 28.0 Å². The second kappa shape index (κ2) is 8.78. The Bertz CT molecular complexity index is 1150. The highest BCUT2D eigenvalue weighted by molar-refractivity contribution is 7.16. The predicted octanol–water partition coefficient (Wildman–Crippen LogP) is 3.61. The van der Waals surface area contributed by atoms with Crippen LogP contribution in [0.3, 0.4) is 0 Å². The fraction of sp³-hybridized carbons (Fsp3) is 0.250. The van der Waals surface area contributed by atoms with Gasteiger partial charge in [0.25, 0.3) is 11.6 Å². The number of nitro benzene ring substituents is 1. The van der Waals surface area contributed by atoms with Crippen molar-refractivity contribution in [3.63, 3.8) is 0 Å². The van der Waals surface area contributed by atoms with E-state index in [2.05, 4.69) is 4.99 Å². The van der Waals surface area contributed by atoms with Crippen molar-refractivity contribution < 1.29 is 19.2 Å². The van der Waals surface area contributed by atoms with Gasteiger partial charge in [-0.15, -0.1) is 0 Å². The molecule has 0 aliphatic rings. The Kier molecular flexibility index (Phi) is 6.18. The van der Waals surface area contributed by atoms with Gasteiger partial charge in [0.1, 0.15) is 0 Å². The van der Waals surface area contributed by atoms with Crippen molar-refractivity contribution in [2.75, 3.05) is 6.61 Å². The van der Waals surface area contributed by atoms with Crippen LogP contribution in [0.15, 0.2) is 47.5 Å². The van der Waals surface area contributed by atoms with E-state index in [1.165, 1.54) is 23.5 Å². The molecule has 9 heteroatoms. The Balaban J connectivity index is 2.06. The molecular formula is C20H19N3O5S. The number of hydrogen-bond donors (Lipinski definition) is 0. The summed E-state index contributed by atoms with van der Waals surface area (Å²) < 4.78 is 7.29. The van der Waals surface area contributed by atoms with Crippen LogP contribution in [0.2, 0.25) is 0 Å². The van der Waals surface area contributed by atoms with Gasteiger partial charge < -0.3 is 9.30 Å². The molecule has 0 bridgehead atoms. The third-order valence-electron chi connectivity index (χ3n) is 4.22. The van der Waals surface area contributed by atoms with E-state index >= 15 is 0 Å². The minimum absolute atomic E-state index is 0.0484. The zero-order valence-corrected chi connectivity index (χ0v) is 16.8. The molecule has 0 fully saturated rings. The normalized spacial score (nSPS) is 11.6. The van der Waals surface area contributed by atoms with Crippen molar-refractivity contribution in [2.24, 2.45) is 4.99 Å². The first-order valence-electron chi connectivity index (χ1n) is 8.98. The van der Waals surface area contributed by atoms with Crippen LogP contribution in [0.25, 0.3) is 10.2 Å². The van der Waals surface area contributed by atoms with Gasteiger partial charge in [-0.25, -0.2) is 0 Å². The molecule has 1 heterocycles. The van der Waals surface area contributed by atoms with Crippen LogP contribution >= 0.6 is 11.3 Å². The molecule has 2 aromatic carbocycles. The number of ether oxygens (including phenoxy) is 1. The number of non-ortho nitro benzene ring substituents is 1. The Morgan fingerprint density at radius 1 is 1.21 bits per heavy atom. The second-order valence-corrected chi connectivity index (χ2v) is 7.29. The van der Waals surface area contributed by atoms with E-state index in [1.54, 1.807) is 29.7 Å². The third-order valence-corrected chi connectivity index (χ3v) is 5.26. The smallest absolute Gasteiger partial charge is 0.307 e. The van der Waals surface area contributed by atoms with Crippen molar-refractivity contribution in [1.29, 1.82) is 0 Å². The van der Waals surface area contributed by atoms with Gasteiger partial charge in [-0.1, -0.05) is 29.0 Å². The molecular weight excluding hydrogens is 394 g/mol. The Hall–Kier alpha value is -3.33. The lowest BCUT2D eigenvalue weighted by molar-refractivity contribution is -0.384. The van der Waals surface area contributed by atoms with Crippen LogP contribution < -0.4 is 4.80 Å². The number of carbonyl (C=O) groups is 2. The van der Waals surface area contributed by atoms with Gasteiger partial charge in [-0.05, 0) is 32.0 Å². The number of thiazole rings is 1. The monoisotopic (exact) mass is 413 g/mol. The maximum absolute atomic E-state index is 12.6. The van der Waals surface area contributed by atoms with Crippen LogP contribution in [0.1, 0.15) is 29.3 Å². The van der Waals surface area contributed by atoms with Crippen molar-refractivity contribution in [3.8, 4) is 0 Å². The van der Waals surface area contributed by atoms with E-state index in [4.69, 9.17) is 4.74 Å². The number of amides is 1. The number of rotatable bonds is 6. The quantitative estimate of drug-likeness (QED) is 0.349. The molecule has 0 atom stereocenters. The van der Waals surface area contributed by atoms with Crippen molar-refractivity contribution >= 4 is 39.1 Å². The van der Waals surface area contributed by atoms with Crippen LogP contribution in [0.4, 0.5) is 5.69 Å². The van der Waals surface area contributed by atoms with E-state index in [0.717, 1.165) is 5.56 Å². The van der Waals surface area contributed by atoms with Gasteiger partial charge in [0, 0.05) is 24.2 Å². The van der Waals surface area contributed by atoms with Crippen molar-refractivity contribution in [1.82, 2.24) is 4.57 Å².